The molecule has 3 N–H and O–H groups in total. The molecule has 0 bridgehead atoms. The van der Waals surface area contributed by atoms with Gasteiger partial charge in [0.25, 0.3) is 0 Å². The summed E-state index contributed by atoms with van der Waals surface area (Å²) in [6.45, 7) is 5.39. The Labute approximate surface area is 165 Å². The second-order valence-corrected chi connectivity index (χ2v) is 8.98. The lowest BCUT2D eigenvalue weighted by Crippen LogP contribution is -2.30. The maximum atomic E-state index is 12.2. The molecule has 1 aromatic carbocycles. The van der Waals surface area contributed by atoms with Gasteiger partial charge in [-0.3, -0.25) is 0 Å². The Morgan fingerprint density at radius 1 is 1.21 bits per heavy atom. The van der Waals surface area contributed by atoms with Crippen molar-refractivity contribution >= 4 is 21.7 Å². The Morgan fingerprint density at radius 2 is 1.93 bits per heavy atom. The minimum Gasteiger partial charge on any atom is -0.471 e. The van der Waals surface area contributed by atoms with Crippen LogP contribution in [-0.2, 0) is 10.0 Å². The highest BCUT2D eigenvalue weighted by molar-refractivity contribution is 7.89. The zero-order valence-corrected chi connectivity index (χ0v) is 17.0. The molecule has 1 aromatic heterocycles. The predicted molar refractivity (Wildman–Crippen MR) is 106 cm³/mol. The molecule has 152 valence electrons. The molecule has 1 heterocycles. The molecule has 0 amide bonds. The number of benzene rings is 1. The number of aryl methyl sites for hydroxylation is 1. The summed E-state index contributed by atoms with van der Waals surface area (Å²) in [6, 6.07) is 6.17. The molecule has 1 saturated carbocycles. The van der Waals surface area contributed by atoms with Gasteiger partial charge in [0.2, 0.25) is 21.9 Å². The van der Waals surface area contributed by atoms with Gasteiger partial charge in [0.05, 0.1) is 11.0 Å². The number of nitrogens with zero attached hydrogens (tertiary/aromatic N) is 2. The summed E-state index contributed by atoms with van der Waals surface area (Å²) in [5, 5.41) is 13.0. The molecule has 8 nitrogen and oxygen atoms in total. The van der Waals surface area contributed by atoms with E-state index in [1.165, 1.54) is 12.1 Å². The van der Waals surface area contributed by atoms with Crippen LogP contribution in [0.25, 0.3) is 0 Å². The maximum Gasteiger partial charge on any atom is 0.240 e. The summed E-state index contributed by atoms with van der Waals surface area (Å²) in [7, 11) is -3.53. The Balaban J connectivity index is 1.72. The highest BCUT2D eigenvalue weighted by Crippen LogP contribution is 2.26. The van der Waals surface area contributed by atoms with Crippen LogP contribution < -0.4 is 14.8 Å². The van der Waals surface area contributed by atoms with Crippen molar-refractivity contribution in [2.24, 2.45) is 0 Å². The first-order chi connectivity index (χ1) is 13.2. The van der Waals surface area contributed by atoms with E-state index >= 15 is 0 Å². The quantitative estimate of drug-likeness (QED) is 0.647. The number of anilines is 2. The van der Waals surface area contributed by atoms with Crippen LogP contribution in [0.3, 0.4) is 0 Å². The number of rotatable bonds is 7. The van der Waals surface area contributed by atoms with Gasteiger partial charge in [-0.15, -0.1) is 0 Å². The standard InChI is InChI=1S/C19H26N4O4S/c1-12(2)23-28(25,26)15-9-7-14(8-10-15)21-19-20-11-13(3)18(22-19)27-17-6-4-5-16(17)24/h7-12,16-17,23-24H,4-6H2,1-3H3,(H,20,21,22)/t16-,17+/m0/s1. The van der Waals surface area contributed by atoms with E-state index in [1.807, 2.05) is 6.92 Å². The van der Waals surface area contributed by atoms with Crippen LogP contribution in [0.1, 0.15) is 38.7 Å². The summed E-state index contributed by atoms with van der Waals surface area (Å²) in [6.07, 6.45) is 3.40. The first-order valence-electron chi connectivity index (χ1n) is 9.32. The fourth-order valence-corrected chi connectivity index (χ4v) is 4.27. The molecule has 1 aliphatic rings. The van der Waals surface area contributed by atoms with E-state index in [1.54, 1.807) is 32.2 Å². The molecule has 2 atom stereocenters. The van der Waals surface area contributed by atoms with E-state index in [9.17, 15) is 13.5 Å². The zero-order valence-electron chi connectivity index (χ0n) is 16.2. The number of aliphatic hydroxyl groups is 1. The number of nitrogens with one attached hydrogen (secondary N) is 2. The van der Waals surface area contributed by atoms with Crippen molar-refractivity contribution in [2.75, 3.05) is 5.32 Å². The van der Waals surface area contributed by atoms with Crippen LogP contribution in [0, 0.1) is 6.92 Å². The van der Waals surface area contributed by atoms with Crippen LogP contribution in [0.15, 0.2) is 35.4 Å². The van der Waals surface area contributed by atoms with Crippen molar-refractivity contribution in [3.05, 3.63) is 36.0 Å². The number of aliphatic hydroxyl groups excluding tert-OH is 1. The van der Waals surface area contributed by atoms with E-state index in [-0.39, 0.29) is 17.0 Å². The van der Waals surface area contributed by atoms with E-state index in [2.05, 4.69) is 20.0 Å². The van der Waals surface area contributed by atoms with Crippen molar-refractivity contribution in [1.82, 2.24) is 14.7 Å². The summed E-state index contributed by atoms with van der Waals surface area (Å²) in [5.74, 6) is 0.771. The van der Waals surface area contributed by atoms with Crippen LogP contribution in [0.4, 0.5) is 11.6 Å². The molecule has 0 saturated heterocycles. The zero-order chi connectivity index (χ0) is 20.3. The Bertz CT molecular complexity index is 916. The molecular formula is C19H26N4O4S. The van der Waals surface area contributed by atoms with Gasteiger partial charge < -0.3 is 15.2 Å². The van der Waals surface area contributed by atoms with E-state index < -0.39 is 16.1 Å². The van der Waals surface area contributed by atoms with E-state index in [4.69, 9.17) is 4.74 Å². The first kappa shape index (κ1) is 20.5. The second-order valence-electron chi connectivity index (χ2n) is 7.26. The summed E-state index contributed by atoms with van der Waals surface area (Å²) < 4.78 is 32.8. The van der Waals surface area contributed by atoms with Crippen molar-refractivity contribution < 1.29 is 18.3 Å². The smallest absolute Gasteiger partial charge is 0.240 e. The molecule has 0 unspecified atom stereocenters. The normalized spacial score (nSPS) is 19.8. The first-order valence-corrected chi connectivity index (χ1v) is 10.8. The maximum absolute atomic E-state index is 12.2. The molecule has 9 heteroatoms. The molecule has 28 heavy (non-hydrogen) atoms. The largest absolute Gasteiger partial charge is 0.471 e. The van der Waals surface area contributed by atoms with Gasteiger partial charge in [0, 0.05) is 23.5 Å². The van der Waals surface area contributed by atoms with Crippen LogP contribution in [0.2, 0.25) is 0 Å². The third kappa shape index (κ3) is 4.98. The Morgan fingerprint density at radius 3 is 2.54 bits per heavy atom. The monoisotopic (exact) mass is 406 g/mol. The number of sulfonamides is 1. The van der Waals surface area contributed by atoms with Crippen molar-refractivity contribution in [3.8, 4) is 5.88 Å². The Hall–Kier alpha value is -2.23. The van der Waals surface area contributed by atoms with Crippen LogP contribution >= 0.6 is 0 Å². The highest BCUT2D eigenvalue weighted by atomic mass is 32.2. The molecular weight excluding hydrogens is 380 g/mol. The fourth-order valence-electron chi connectivity index (χ4n) is 3.02. The Kier molecular flexibility index (Phi) is 6.17. The van der Waals surface area contributed by atoms with Crippen molar-refractivity contribution in [2.45, 2.75) is 63.2 Å². The van der Waals surface area contributed by atoms with Gasteiger partial charge >= 0.3 is 0 Å². The lowest BCUT2D eigenvalue weighted by Gasteiger charge is -2.18. The lowest BCUT2D eigenvalue weighted by atomic mass is 10.2. The van der Waals surface area contributed by atoms with Gasteiger partial charge in [0.1, 0.15) is 6.10 Å². The van der Waals surface area contributed by atoms with Crippen molar-refractivity contribution in [3.63, 3.8) is 0 Å². The van der Waals surface area contributed by atoms with Gasteiger partial charge in [-0.2, -0.15) is 4.98 Å². The molecule has 0 aliphatic heterocycles. The van der Waals surface area contributed by atoms with Crippen LogP contribution in [-0.4, -0.2) is 41.7 Å². The van der Waals surface area contributed by atoms with Crippen LogP contribution in [0.5, 0.6) is 5.88 Å². The fraction of sp³-hybridized carbons (Fsp3) is 0.474. The number of ether oxygens (including phenoxy) is 1. The van der Waals surface area contributed by atoms with E-state index in [0.29, 0.717) is 17.5 Å². The predicted octanol–water partition coefficient (Wildman–Crippen LogP) is 2.51. The average Bonchev–Trinajstić information content (AvgIpc) is 3.02. The minimum absolute atomic E-state index is 0.180. The van der Waals surface area contributed by atoms with Gasteiger partial charge in [0.15, 0.2) is 0 Å². The van der Waals surface area contributed by atoms with E-state index in [0.717, 1.165) is 24.8 Å². The molecule has 0 radical (unpaired) electrons. The van der Waals surface area contributed by atoms with Gasteiger partial charge in [-0.1, -0.05) is 0 Å². The van der Waals surface area contributed by atoms with Crippen molar-refractivity contribution in [1.29, 1.82) is 0 Å². The molecule has 3 rings (SSSR count). The number of aromatic nitrogens is 2. The molecule has 1 aliphatic carbocycles. The summed E-state index contributed by atoms with van der Waals surface area (Å²) in [5.41, 5.74) is 1.44. The lowest BCUT2D eigenvalue weighted by molar-refractivity contribution is 0.0569. The highest BCUT2D eigenvalue weighted by Gasteiger charge is 2.28. The summed E-state index contributed by atoms with van der Waals surface area (Å²) in [4.78, 5) is 8.82. The number of hydrogen-bond donors (Lipinski definition) is 3. The SMILES string of the molecule is Cc1cnc(Nc2ccc(S(=O)(=O)NC(C)C)cc2)nc1O[C@@H]1CCC[C@@H]1O. The molecule has 2 aromatic rings. The third-order valence-electron chi connectivity index (χ3n) is 4.42. The summed E-state index contributed by atoms with van der Waals surface area (Å²) >= 11 is 0. The minimum atomic E-state index is -3.53. The average molecular weight is 407 g/mol. The molecule has 0 spiro atoms. The number of hydrogen-bond acceptors (Lipinski definition) is 7. The topological polar surface area (TPSA) is 113 Å². The molecule has 1 fully saturated rings. The second kappa shape index (κ2) is 8.42. The van der Waals surface area contributed by atoms with Gasteiger partial charge in [-0.25, -0.2) is 18.1 Å². The third-order valence-corrected chi connectivity index (χ3v) is 6.09. The van der Waals surface area contributed by atoms with Gasteiger partial charge in [-0.05, 0) is 64.3 Å².